The van der Waals surface area contributed by atoms with Gasteiger partial charge >= 0.3 is 37.9 Å². The Morgan fingerprint density at radius 1 is 0.625 bits per heavy atom. The van der Waals surface area contributed by atoms with Crippen LogP contribution in [0.5, 0.6) is 0 Å². The molecule has 0 aliphatic carbocycles. The predicted molar refractivity (Wildman–Crippen MR) is 143 cm³/mol. The molecule has 0 unspecified atom stereocenters. The van der Waals surface area contributed by atoms with Crippen LogP contribution in [0.2, 0.25) is 13.1 Å². The van der Waals surface area contributed by atoms with Crippen molar-refractivity contribution in [3.8, 4) is 0 Å². The number of hydrogen-bond acceptors (Lipinski definition) is 0. The van der Waals surface area contributed by atoms with Gasteiger partial charge in [0.25, 0.3) is 0 Å². The minimum absolute atomic E-state index is 0.750. The average molecular weight is 560 g/mol. The molecular formula is C28H33Cl2SiZr. The van der Waals surface area contributed by atoms with Crippen molar-refractivity contribution in [1.82, 2.24) is 0 Å². The van der Waals surface area contributed by atoms with Gasteiger partial charge in [-0.1, -0.05) is 112 Å². The fraction of sp³-hybridized carbons (Fsp3) is 0.214. The van der Waals surface area contributed by atoms with Crippen molar-refractivity contribution in [3.63, 3.8) is 0 Å². The van der Waals surface area contributed by atoms with Gasteiger partial charge in [-0.2, -0.15) is 46.5 Å². The van der Waals surface area contributed by atoms with Gasteiger partial charge in [-0.05, 0) is 0 Å². The van der Waals surface area contributed by atoms with E-state index < -0.39 is 20.8 Å². The Kier molecular flexibility index (Phi) is 16.5. The molecule has 4 aromatic carbocycles. The summed E-state index contributed by atoms with van der Waals surface area (Å²) in [6.07, 6.45) is 2.10. The molecule has 4 heteroatoms. The number of hydrogen-bond donors (Lipinski definition) is 0. The van der Waals surface area contributed by atoms with E-state index in [1.165, 1.54) is 33.4 Å². The third-order valence-electron chi connectivity index (χ3n) is 4.45. The van der Waals surface area contributed by atoms with E-state index in [1.54, 1.807) is 0 Å². The molecule has 1 radical (unpaired) electrons. The number of aryl methyl sites for hydroxylation is 2. The summed E-state index contributed by atoms with van der Waals surface area (Å²) in [4.78, 5) is 0. The van der Waals surface area contributed by atoms with Crippen molar-refractivity contribution >= 4 is 26.5 Å². The fourth-order valence-electron chi connectivity index (χ4n) is 3.14. The van der Waals surface area contributed by atoms with Crippen LogP contribution in [0.4, 0.5) is 0 Å². The predicted octanol–water partition coefficient (Wildman–Crippen LogP) is 8.51. The summed E-state index contributed by atoms with van der Waals surface area (Å²) >= 11 is -0.826. The van der Waals surface area contributed by atoms with Crippen LogP contribution in [-0.4, -0.2) is 9.52 Å². The Morgan fingerprint density at radius 2 is 0.938 bits per heavy atom. The molecule has 0 saturated heterocycles. The summed E-state index contributed by atoms with van der Waals surface area (Å²) < 4.78 is 0. The Labute approximate surface area is 216 Å². The van der Waals surface area contributed by atoms with Crippen LogP contribution in [0, 0.1) is 13.8 Å². The SMILES string of the molecule is C[SiH]C.C[c-]1ccc(Cc2ccccc2)c1.C[c-]1ccc(Cc2ccccc2)c1.[Cl][Zr+2][Cl]. The molecule has 0 aromatic heterocycles. The van der Waals surface area contributed by atoms with E-state index in [-0.39, 0.29) is 0 Å². The first-order valence-corrected chi connectivity index (χ1v) is 19.4. The molecule has 0 atom stereocenters. The Hall–Kier alpha value is -1.18. The second-order valence-electron chi connectivity index (χ2n) is 7.57. The van der Waals surface area contributed by atoms with Gasteiger partial charge in [0.15, 0.2) is 0 Å². The Morgan fingerprint density at radius 3 is 1.19 bits per heavy atom. The van der Waals surface area contributed by atoms with Gasteiger partial charge in [-0.3, -0.25) is 0 Å². The Balaban J connectivity index is 0.000000258. The molecule has 0 spiro atoms. The normalized spacial score (nSPS) is 9.19. The van der Waals surface area contributed by atoms with Gasteiger partial charge in [-0.25, -0.2) is 12.1 Å². The van der Waals surface area contributed by atoms with Gasteiger partial charge in [0.1, 0.15) is 0 Å². The molecule has 0 saturated carbocycles. The maximum atomic E-state index is 4.93. The van der Waals surface area contributed by atoms with E-state index in [1.807, 2.05) is 0 Å². The standard InChI is InChI=1S/2C13H13.C2H7Si.2ClH.Zr/c2*1-11-7-8-13(9-11)10-12-5-3-2-4-6-12;1-3-2;;;/h2*2-9H,10H2,1H3;3H,1-2H3;2*1H;/q2*-1;;;;+4/p-2. The zero-order valence-electron chi connectivity index (χ0n) is 19.5. The summed E-state index contributed by atoms with van der Waals surface area (Å²) in [6.45, 7) is 8.68. The second-order valence-corrected chi connectivity index (χ2v) is 12.5. The van der Waals surface area contributed by atoms with Gasteiger partial charge in [0.05, 0.1) is 0 Å². The molecule has 0 N–H and O–H groups in total. The van der Waals surface area contributed by atoms with Crippen LogP contribution in [0.25, 0.3) is 0 Å². The van der Waals surface area contributed by atoms with Crippen LogP contribution in [0.1, 0.15) is 33.4 Å². The van der Waals surface area contributed by atoms with E-state index in [2.05, 4.69) is 124 Å². The van der Waals surface area contributed by atoms with Crippen LogP contribution in [-0.2, 0) is 33.7 Å². The second kappa shape index (κ2) is 18.3. The molecule has 0 bridgehead atoms. The van der Waals surface area contributed by atoms with E-state index in [0.717, 1.165) is 22.4 Å². The average Bonchev–Trinajstić information content (AvgIpc) is 3.38. The van der Waals surface area contributed by atoms with Gasteiger partial charge in [-0.15, -0.1) is 0 Å². The molecule has 4 rings (SSSR count). The molecule has 0 nitrogen and oxygen atoms in total. The summed E-state index contributed by atoms with van der Waals surface area (Å²) in [5.41, 5.74) is 8.28. The van der Waals surface area contributed by atoms with E-state index in [0.29, 0.717) is 0 Å². The first kappa shape index (κ1) is 28.9. The monoisotopic (exact) mass is 557 g/mol. The van der Waals surface area contributed by atoms with Crippen molar-refractivity contribution < 1.29 is 20.8 Å². The topological polar surface area (TPSA) is 0 Å². The maximum absolute atomic E-state index is 4.93. The van der Waals surface area contributed by atoms with Crippen molar-refractivity contribution in [3.05, 3.63) is 130 Å². The molecule has 0 fully saturated rings. The van der Waals surface area contributed by atoms with Crippen LogP contribution in [0.3, 0.4) is 0 Å². The number of halogens is 2. The molecule has 4 aromatic rings. The minimum atomic E-state index is -0.826. The summed E-state index contributed by atoms with van der Waals surface area (Å²) in [7, 11) is 10.6. The van der Waals surface area contributed by atoms with E-state index in [9.17, 15) is 0 Å². The molecule has 0 aliphatic heterocycles. The van der Waals surface area contributed by atoms with Crippen LogP contribution < -0.4 is 0 Å². The molecule has 0 aliphatic rings. The van der Waals surface area contributed by atoms with E-state index >= 15 is 0 Å². The summed E-state index contributed by atoms with van der Waals surface area (Å²) in [6, 6.07) is 34.3. The van der Waals surface area contributed by atoms with Crippen molar-refractivity contribution in [1.29, 1.82) is 0 Å². The third-order valence-corrected chi connectivity index (χ3v) is 4.45. The zero-order chi connectivity index (χ0) is 23.6. The third kappa shape index (κ3) is 13.4. The molecule has 0 heterocycles. The van der Waals surface area contributed by atoms with Gasteiger partial charge in [0, 0.05) is 9.52 Å². The Bertz CT molecular complexity index is 866. The van der Waals surface area contributed by atoms with E-state index in [4.69, 9.17) is 17.0 Å². The zero-order valence-corrected chi connectivity index (χ0v) is 24.6. The van der Waals surface area contributed by atoms with Crippen LogP contribution in [0.15, 0.2) is 97.1 Å². The molecule has 32 heavy (non-hydrogen) atoms. The van der Waals surface area contributed by atoms with Gasteiger partial charge < -0.3 is 0 Å². The quantitative estimate of drug-likeness (QED) is 0.174. The van der Waals surface area contributed by atoms with Crippen LogP contribution >= 0.6 is 17.0 Å². The van der Waals surface area contributed by atoms with Crippen molar-refractivity contribution in [2.45, 2.75) is 39.8 Å². The first-order valence-electron chi connectivity index (χ1n) is 10.7. The number of benzene rings is 2. The number of rotatable bonds is 4. The van der Waals surface area contributed by atoms with Crippen molar-refractivity contribution in [2.24, 2.45) is 0 Å². The fourth-order valence-corrected chi connectivity index (χ4v) is 3.14. The van der Waals surface area contributed by atoms with Gasteiger partial charge in [0.2, 0.25) is 0 Å². The van der Waals surface area contributed by atoms with Crippen molar-refractivity contribution in [2.75, 3.05) is 0 Å². The first-order chi connectivity index (χ1) is 15.5. The summed E-state index contributed by atoms with van der Waals surface area (Å²) in [5, 5.41) is 0. The molecule has 0 amide bonds. The summed E-state index contributed by atoms with van der Waals surface area (Å²) in [5.74, 6) is 0. The molecular weight excluding hydrogens is 527 g/mol. The molecule has 167 valence electrons.